The molecule has 0 radical (unpaired) electrons. The first-order valence-electron chi connectivity index (χ1n) is 11.1. The van der Waals surface area contributed by atoms with Gasteiger partial charge in [0.05, 0.1) is 34.6 Å². The van der Waals surface area contributed by atoms with Crippen molar-refractivity contribution in [3.63, 3.8) is 0 Å². The van der Waals surface area contributed by atoms with Crippen LogP contribution in [0.25, 0.3) is 21.9 Å². The zero-order valence-corrected chi connectivity index (χ0v) is 19.6. The normalized spacial score (nSPS) is 17.1. The van der Waals surface area contributed by atoms with Gasteiger partial charge in [0.25, 0.3) is 5.56 Å². The van der Waals surface area contributed by atoms with E-state index >= 15 is 0 Å². The Kier molecular flexibility index (Phi) is 4.67. The van der Waals surface area contributed by atoms with Crippen LogP contribution in [-0.2, 0) is 17.3 Å². The minimum Gasteiger partial charge on any atom is -0.464 e. The summed E-state index contributed by atoms with van der Waals surface area (Å²) in [6.45, 7) is 0.966. The Morgan fingerprint density at radius 1 is 1.20 bits per heavy atom. The molecule has 0 atom stereocenters. The number of nitriles is 1. The van der Waals surface area contributed by atoms with Crippen molar-refractivity contribution in [2.45, 2.75) is 19.3 Å². The van der Waals surface area contributed by atoms with Gasteiger partial charge in [0, 0.05) is 26.2 Å². The minimum atomic E-state index is -3.85. The average molecular weight is 492 g/mol. The van der Waals surface area contributed by atoms with Crippen LogP contribution in [0.15, 0.2) is 52.1 Å². The molecule has 10 nitrogen and oxygen atoms in total. The lowest BCUT2D eigenvalue weighted by Gasteiger charge is -2.54. The largest absolute Gasteiger partial charge is 0.464 e. The van der Waals surface area contributed by atoms with E-state index in [2.05, 4.69) is 15.8 Å². The second-order valence-electron chi connectivity index (χ2n) is 9.24. The Morgan fingerprint density at radius 3 is 2.71 bits per heavy atom. The molecule has 6 rings (SSSR count). The van der Waals surface area contributed by atoms with Gasteiger partial charge in [-0.05, 0) is 42.5 Å². The van der Waals surface area contributed by atoms with Crippen LogP contribution in [0.5, 0.6) is 11.5 Å². The van der Waals surface area contributed by atoms with Gasteiger partial charge in [0.15, 0.2) is 5.75 Å². The van der Waals surface area contributed by atoms with Crippen molar-refractivity contribution in [2.24, 2.45) is 12.5 Å². The van der Waals surface area contributed by atoms with Gasteiger partial charge in [-0.2, -0.15) is 18.0 Å². The highest BCUT2D eigenvalue weighted by Gasteiger charge is 2.51. The van der Waals surface area contributed by atoms with Crippen molar-refractivity contribution >= 4 is 37.8 Å². The van der Waals surface area contributed by atoms with Crippen molar-refractivity contribution in [3.8, 4) is 17.6 Å². The monoisotopic (exact) mass is 491 g/mol. The molecule has 2 aromatic carbocycles. The van der Waals surface area contributed by atoms with E-state index in [-0.39, 0.29) is 28.0 Å². The highest BCUT2D eigenvalue weighted by molar-refractivity contribution is 7.90. The molecule has 1 spiro atoms. The van der Waals surface area contributed by atoms with Crippen molar-refractivity contribution in [2.75, 3.05) is 17.8 Å². The molecular weight excluding hydrogens is 470 g/mol. The molecule has 0 bridgehead atoms. The first kappa shape index (κ1) is 21.6. The fourth-order valence-corrected chi connectivity index (χ4v) is 6.27. The third-order valence-corrected chi connectivity index (χ3v) is 8.36. The molecule has 4 aromatic rings. The predicted molar refractivity (Wildman–Crippen MR) is 128 cm³/mol. The number of aryl methyl sites for hydroxylation is 1. The standard InChI is InChI=1S/C24H21N5O5S/c1-28-14-26-19-4-3-15(9-17(19)23(28)30)34-22-16-5-8-33-21(16)10-20(18(22)11-25)27-35(31,32)29-12-24(13-29)6-2-7-24/h3-5,8-10,14,27H,2,6-7,12-13H2,1H3. The third-order valence-electron chi connectivity index (χ3n) is 6.95. The second-order valence-corrected chi connectivity index (χ2v) is 10.9. The lowest BCUT2D eigenvalue weighted by molar-refractivity contribution is -0.00752. The summed E-state index contributed by atoms with van der Waals surface area (Å²) < 4.78 is 43.0. The van der Waals surface area contributed by atoms with Gasteiger partial charge >= 0.3 is 10.2 Å². The Hall–Kier alpha value is -3.88. The number of hydrogen-bond acceptors (Lipinski definition) is 7. The molecule has 0 unspecified atom stereocenters. The Morgan fingerprint density at radius 2 is 2.00 bits per heavy atom. The highest BCUT2D eigenvalue weighted by atomic mass is 32.2. The number of rotatable bonds is 5. The second kappa shape index (κ2) is 7.56. The summed E-state index contributed by atoms with van der Waals surface area (Å²) in [7, 11) is -2.25. The van der Waals surface area contributed by atoms with E-state index in [1.165, 1.54) is 27.5 Å². The molecule has 3 heterocycles. The molecule has 1 saturated carbocycles. The summed E-state index contributed by atoms with van der Waals surface area (Å²) >= 11 is 0. The highest BCUT2D eigenvalue weighted by Crippen LogP contribution is 2.49. The van der Waals surface area contributed by atoms with E-state index in [1.807, 2.05) is 0 Å². The summed E-state index contributed by atoms with van der Waals surface area (Å²) in [4.78, 5) is 16.8. The van der Waals surface area contributed by atoms with Crippen molar-refractivity contribution in [1.29, 1.82) is 5.26 Å². The van der Waals surface area contributed by atoms with Gasteiger partial charge in [-0.3, -0.25) is 9.52 Å². The number of fused-ring (bicyclic) bond motifs is 2. The number of ether oxygens (including phenoxy) is 1. The van der Waals surface area contributed by atoms with E-state index in [9.17, 15) is 18.5 Å². The minimum absolute atomic E-state index is 0.0144. The molecule has 0 amide bonds. The molecule has 2 aromatic heterocycles. The van der Waals surface area contributed by atoms with E-state index in [0.717, 1.165) is 19.3 Å². The van der Waals surface area contributed by atoms with E-state index in [4.69, 9.17) is 9.15 Å². The van der Waals surface area contributed by atoms with Crippen LogP contribution in [0.1, 0.15) is 24.8 Å². The zero-order valence-electron chi connectivity index (χ0n) is 18.8. The fraction of sp³-hybridized carbons (Fsp3) is 0.292. The quantitative estimate of drug-likeness (QED) is 0.452. The molecule has 1 saturated heterocycles. The van der Waals surface area contributed by atoms with Crippen LogP contribution in [0, 0.1) is 16.7 Å². The third kappa shape index (κ3) is 3.45. The number of benzene rings is 2. The number of aromatic nitrogens is 2. The van der Waals surface area contributed by atoms with Crippen LogP contribution in [0.3, 0.4) is 0 Å². The van der Waals surface area contributed by atoms with Crippen molar-refractivity contribution < 1.29 is 17.6 Å². The predicted octanol–water partition coefficient (Wildman–Crippen LogP) is 3.49. The smallest absolute Gasteiger partial charge is 0.301 e. The van der Waals surface area contributed by atoms with Gasteiger partial charge in [-0.25, -0.2) is 4.98 Å². The van der Waals surface area contributed by atoms with E-state index < -0.39 is 10.2 Å². The molecule has 35 heavy (non-hydrogen) atoms. The molecule has 11 heteroatoms. The van der Waals surface area contributed by atoms with E-state index in [1.54, 1.807) is 31.3 Å². The molecule has 1 aliphatic carbocycles. The zero-order chi connectivity index (χ0) is 24.4. The lowest BCUT2D eigenvalue weighted by atomic mass is 9.65. The van der Waals surface area contributed by atoms with Gasteiger partial charge < -0.3 is 13.7 Å². The summed E-state index contributed by atoms with van der Waals surface area (Å²) in [5, 5.41) is 10.8. The number of hydrogen-bond donors (Lipinski definition) is 1. The number of furan rings is 1. The van der Waals surface area contributed by atoms with Gasteiger partial charge in [0.2, 0.25) is 0 Å². The van der Waals surface area contributed by atoms with Gasteiger partial charge in [-0.1, -0.05) is 6.42 Å². The van der Waals surface area contributed by atoms with Crippen LogP contribution in [-0.4, -0.2) is 35.4 Å². The van der Waals surface area contributed by atoms with Crippen LogP contribution < -0.4 is 15.0 Å². The molecule has 2 aliphatic rings. The lowest BCUT2D eigenvalue weighted by Crippen LogP contribution is -2.62. The average Bonchev–Trinajstić information content (AvgIpc) is 3.23. The molecule has 1 N–H and O–H groups in total. The molecule has 1 aliphatic heterocycles. The first-order valence-corrected chi connectivity index (χ1v) is 12.6. The molecule has 2 fully saturated rings. The maximum Gasteiger partial charge on any atom is 0.301 e. The summed E-state index contributed by atoms with van der Waals surface area (Å²) in [5.74, 6) is 0.437. The first-order chi connectivity index (χ1) is 16.8. The summed E-state index contributed by atoms with van der Waals surface area (Å²) in [6, 6.07) is 10.0. The van der Waals surface area contributed by atoms with Gasteiger partial charge in [0.1, 0.15) is 23.0 Å². The Balaban J connectivity index is 1.39. The SMILES string of the molecule is Cn1cnc2ccc(Oc3c(C#N)c(NS(=O)(=O)N4CC5(CCC5)C4)cc4occc34)cc2c1=O. The number of nitrogens with zero attached hydrogens (tertiary/aromatic N) is 4. The fourth-order valence-electron chi connectivity index (χ4n) is 4.82. The van der Waals surface area contributed by atoms with E-state index in [0.29, 0.717) is 40.7 Å². The number of anilines is 1. The van der Waals surface area contributed by atoms with Crippen molar-refractivity contribution in [1.82, 2.24) is 13.9 Å². The Labute approximate surface area is 200 Å². The maximum atomic E-state index is 13.0. The Bertz CT molecular complexity index is 1700. The molecule has 178 valence electrons. The van der Waals surface area contributed by atoms with Gasteiger partial charge in [-0.15, -0.1) is 0 Å². The van der Waals surface area contributed by atoms with Crippen LogP contribution >= 0.6 is 0 Å². The maximum absolute atomic E-state index is 13.0. The van der Waals surface area contributed by atoms with Crippen LogP contribution in [0.4, 0.5) is 5.69 Å². The summed E-state index contributed by atoms with van der Waals surface area (Å²) in [5.41, 5.74) is 0.825. The number of nitrogens with one attached hydrogen (secondary N) is 1. The topological polar surface area (TPSA) is 130 Å². The molecular formula is C24H21N5O5S. The summed E-state index contributed by atoms with van der Waals surface area (Å²) in [6.07, 6.45) is 6.10. The van der Waals surface area contributed by atoms with Crippen LogP contribution in [0.2, 0.25) is 0 Å². The van der Waals surface area contributed by atoms with Crippen molar-refractivity contribution in [3.05, 3.63) is 58.8 Å².